The van der Waals surface area contributed by atoms with Crippen molar-refractivity contribution in [2.45, 2.75) is 51.9 Å². The van der Waals surface area contributed by atoms with Gasteiger partial charge < -0.3 is 0 Å². The zero-order valence-corrected chi connectivity index (χ0v) is 37.0. The van der Waals surface area contributed by atoms with Gasteiger partial charge in [-0.15, -0.1) is 7.92 Å². The van der Waals surface area contributed by atoms with Crippen LogP contribution in [-0.4, -0.2) is 10.3 Å². The Morgan fingerprint density at radius 1 is 0.564 bits per heavy atom. The predicted molar refractivity (Wildman–Crippen MR) is 239 cm³/mol. The van der Waals surface area contributed by atoms with Gasteiger partial charge in [-0.25, -0.2) is 25.6 Å². The van der Waals surface area contributed by atoms with Gasteiger partial charge in [0.15, 0.2) is 0 Å². The summed E-state index contributed by atoms with van der Waals surface area (Å²) in [6.07, 6.45) is 1.50. The van der Waals surface area contributed by atoms with Crippen molar-refractivity contribution >= 4 is 22.8 Å². The van der Waals surface area contributed by atoms with Crippen LogP contribution in [0.4, 0.5) is 0 Å². The molecule has 0 aromatic heterocycles. The maximum atomic E-state index is 4.49. The molecule has 0 bridgehead atoms. The fraction of sp³-hybridized carbons (Fsp3) is 0.157. The molecule has 0 N–H and O–H groups in total. The predicted octanol–water partition coefficient (Wildman–Crippen LogP) is 15.5. The SMILES string of the molecule is C=C[CH2-].CC(C)(C)P(c1cc[cH-]c1)C(C)(C)C.[Cl][Pd+].[Fe+2].c1ccc(-c2c(-c3ccccc3)c(-c3ccccc3)[c-](-c3ccccc3)c2-c2ccccc2)cc1. The molecule has 4 heteroatoms. The van der Waals surface area contributed by atoms with Crippen LogP contribution in [0.3, 0.4) is 0 Å². The van der Waals surface area contributed by atoms with Gasteiger partial charge in [-0.05, 0) is 21.4 Å². The van der Waals surface area contributed by atoms with Gasteiger partial charge >= 0.3 is 44.8 Å². The molecule has 0 aliphatic rings. The van der Waals surface area contributed by atoms with Gasteiger partial charge in [-0.1, -0.05) is 238 Å². The average Bonchev–Trinajstić information content (AvgIpc) is 3.84. The molecule has 286 valence electrons. The molecule has 7 aromatic carbocycles. The molecule has 0 fully saturated rings. The molecule has 0 amide bonds. The molecule has 7 rings (SSSR count). The number of rotatable bonds is 6. The van der Waals surface area contributed by atoms with Crippen LogP contribution in [0.5, 0.6) is 0 Å². The van der Waals surface area contributed by atoms with Crippen molar-refractivity contribution in [2.75, 3.05) is 0 Å². The molecule has 7 aromatic rings. The minimum atomic E-state index is -0.101. The van der Waals surface area contributed by atoms with Crippen LogP contribution >= 0.6 is 17.5 Å². The Bertz CT molecular complexity index is 1780. The smallest absolute Gasteiger partial charge is 0.0999 e. The van der Waals surface area contributed by atoms with E-state index in [1.165, 1.54) is 61.7 Å². The number of halogens is 1. The van der Waals surface area contributed by atoms with Crippen molar-refractivity contribution in [2.24, 2.45) is 0 Å². The first-order valence-electron chi connectivity index (χ1n) is 18.2. The molecular weight excluding hydrogens is 841 g/mol. The van der Waals surface area contributed by atoms with Crippen LogP contribution in [0.25, 0.3) is 55.6 Å². The minimum absolute atomic E-state index is 0. The summed E-state index contributed by atoms with van der Waals surface area (Å²) < 4.78 is 0. The third kappa shape index (κ3) is 11.9. The fourth-order valence-corrected chi connectivity index (χ4v) is 11.4. The monoisotopic (exact) mass is 892 g/mol. The van der Waals surface area contributed by atoms with Crippen LogP contribution < -0.4 is 5.30 Å². The molecule has 0 nitrogen and oxygen atoms in total. The molecule has 0 spiro atoms. The van der Waals surface area contributed by atoms with E-state index < -0.39 is 0 Å². The zero-order valence-electron chi connectivity index (χ0n) is 32.7. The first-order valence-corrected chi connectivity index (χ1v) is 21.6. The number of hydrogen-bond acceptors (Lipinski definition) is 0. The van der Waals surface area contributed by atoms with Gasteiger partial charge in [0.2, 0.25) is 0 Å². The molecule has 0 unspecified atom stereocenters. The molecular formula is C51H52ClFePPd. The topological polar surface area (TPSA) is 0 Å². The quantitative estimate of drug-likeness (QED) is 0.0886. The van der Waals surface area contributed by atoms with Crippen molar-refractivity contribution in [3.8, 4) is 55.6 Å². The van der Waals surface area contributed by atoms with Crippen molar-refractivity contribution in [1.82, 2.24) is 0 Å². The van der Waals surface area contributed by atoms with Crippen LogP contribution in [0.2, 0.25) is 0 Å². The van der Waals surface area contributed by atoms with E-state index in [2.05, 4.69) is 259 Å². The van der Waals surface area contributed by atoms with Crippen molar-refractivity contribution in [3.63, 3.8) is 0 Å². The molecule has 55 heavy (non-hydrogen) atoms. The molecule has 0 saturated carbocycles. The van der Waals surface area contributed by atoms with Gasteiger partial charge in [0.05, 0.1) is 0 Å². The Kier molecular flexibility index (Phi) is 18.4. The van der Waals surface area contributed by atoms with E-state index in [4.69, 9.17) is 0 Å². The summed E-state index contributed by atoms with van der Waals surface area (Å²) in [6, 6.07) is 63.0. The summed E-state index contributed by atoms with van der Waals surface area (Å²) in [4.78, 5) is 0. The maximum absolute atomic E-state index is 4.49. The van der Waals surface area contributed by atoms with Crippen LogP contribution in [0, 0.1) is 6.92 Å². The first kappa shape index (κ1) is 45.7. The third-order valence-corrected chi connectivity index (χ3v) is 12.3. The number of hydrogen-bond donors (Lipinski definition) is 0. The van der Waals surface area contributed by atoms with E-state index in [1.807, 2.05) is 0 Å². The van der Waals surface area contributed by atoms with Crippen LogP contribution in [0.1, 0.15) is 41.5 Å². The largest absolute Gasteiger partial charge is 2.00 e. The average molecular weight is 894 g/mol. The van der Waals surface area contributed by atoms with E-state index in [1.54, 1.807) is 5.30 Å². The zero-order chi connectivity index (χ0) is 39.1. The first-order chi connectivity index (χ1) is 26.1. The summed E-state index contributed by atoms with van der Waals surface area (Å²) >= 11 is 2.22. The molecule has 0 saturated heterocycles. The Labute approximate surface area is 358 Å². The summed E-state index contributed by atoms with van der Waals surface area (Å²) in [6.45, 7) is 20.6. The molecule has 0 aliphatic heterocycles. The van der Waals surface area contributed by atoms with E-state index >= 15 is 0 Å². The standard InChI is InChI=1S/C35H25.C13H22P.C3H5.ClH.Fe.Pd/c1-6-16-26(17-7-1)31-32(27-18-8-2-9-19-27)34(29-22-12-4-13-23-29)35(30-24-14-5-15-25-30)33(31)28-20-10-3-11-21-28;1-12(2,3)14(13(4,5)6)11-9-7-8-10-11;1-3-2;;;/h1-25H;7-10H,1-6H3;3H,1-2H2;1H;;/q3*-1;;2*+2/p-1. The van der Waals surface area contributed by atoms with Crippen molar-refractivity contribution in [3.05, 3.63) is 196 Å². The normalized spacial score (nSPS) is 10.7. The molecule has 0 radical (unpaired) electrons. The number of allylic oxidation sites excluding steroid dienone is 1. The fourth-order valence-electron chi connectivity index (χ4n) is 7.39. The Morgan fingerprint density at radius 3 is 1.16 bits per heavy atom. The minimum Gasteiger partial charge on any atom is -0.0999 e. The Hall–Kier alpha value is -3.69. The van der Waals surface area contributed by atoms with Crippen LogP contribution in [-0.2, 0) is 35.2 Å². The molecule has 0 aliphatic carbocycles. The summed E-state index contributed by atoms with van der Waals surface area (Å²) in [5.74, 6) is 0. The Morgan fingerprint density at radius 2 is 0.873 bits per heavy atom. The van der Waals surface area contributed by atoms with Gasteiger partial charge in [0.1, 0.15) is 0 Å². The summed E-state index contributed by atoms with van der Waals surface area (Å²) in [5.41, 5.74) is 12.5. The molecule has 0 heterocycles. The van der Waals surface area contributed by atoms with Gasteiger partial charge in [0.25, 0.3) is 0 Å². The van der Waals surface area contributed by atoms with E-state index in [9.17, 15) is 0 Å². The maximum Gasteiger partial charge on any atom is 2.00 e. The summed E-state index contributed by atoms with van der Waals surface area (Å²) in [7, 11) is 4.39. The van der Waals surface area contributed by atoms with Gasteiger partial charge in [-0.3, -0.25) is 0 Å². The molecule has 0 atom stereocenters. The van der Waals surface area contributed by atoms with Gasteiger partial charge in [-0.2, -0.15) is 23.5 Å². The Balaban J connectivity index is 0.000000342. The van der Waals surface area contributed by atoms with E-state index in [0.29, 0.717) is 10.3 Å². The number of benzene rings is 5. The van der Waals surface area contributed by atoms with E-state index in [-0.39, 0.29) is 25.0 Å². The second-order valence-corrected chi connectivity index (χ2v) is 18.7. The van der Waals surface area contributed by atoms with Crippen LogP contribution in [0.15, 0.2) is 189 Å². The van der Waals surface area contributed by atoms with Crippen molar-refractivity contribution in [1.29, 1.82) is 0 Å². The van der Waals surface area contributed by atoms with E-state index in [0.717, 1.165) is 0 Å². The third-order valence-electron chi connectivity index (χ3n) is 8.81. The summed E-state index contributed by atoms with van der Waals surface area (Å²) in [5, 5.41) is 2.32. The van der Waals surface area contributed by atoms with Gasteiger partial charge in [0, 0.05) is 0 Å². The van der Waals surface area contributed by atoms with Crippen molar-refractivity contribution < 1.29 is 35.2 Å². The second-order valence-electron chi connectivity index (χ2n) is 14.8. The second kappa shape index (κ2) is 22.2.